The Morgan fingerprint density at radius 3 is 2.59 bits per heavy atom. The number of alkyl halides is 3. The third-order valence-electron chi connectivity index (χ3n) is 2.05. The minimum absolute atomic E-state index is 0.00412. The standard InChI is InChI=1S/C9H7ClF3N3O/c10-7-2-1-5(9(11,12)13)3-6(7)8(4-17)15-16-14/h1-3,8,17H,4H2. The van der Waals surface area contributed by atoms with Crippen LogP contribution in [0.15, 0.2) is 23.3 Å². The van der Waals surface area contributed by atoms with Crippen LogP contribution in [0.4, 0.5) is 13.2 Å². The van der Waals surface area contributed by atoms with E-state index in [1.807, 2.05) is 0 Å². The molecular weight excluding hydrogens is 259 g/mol. The van der Waals surface area contributed by atoms with Gasteiger partial charge < -0.3 is 5.11 Å². The van der Waals surface area contributed by atoms with Crippen molar-refractivity contribution in [3.8, 4) is 0 Å². The van der Waals surface area contributed by atoms with Crippen molar-refractivity contribution in [1.29, 1.82) is 0 Å². The van der Waals surface area contributed by atoms with Gasteiger partial charge >= 0.3 is 6.18 Å². The van der Waals surface area contributed by atoms with Gasteiger partial charge in [0.2, 0.25) is 0 Å². The van der Waals surface area contributed by atoms with Crippen LogP contribution in [0.1, 0.15) is 17.2 Å². The molecule has 0 saturated heterocycles. The summed E-state index contributed by atoms with van der Waals surface area (Å²) in [5.74, 6) is 0. The highest BCUT2D eigenvalue weighted by molar-refractivity contribution is 6.31. The zero-order valence-electron chi connectivity index (χ0n) is 8.32. The first-order valence-corrected chi connectivity index (χ1v) is 4.79. The smallest absolute Gasteiger partial charge is 0.396 e. The molecule has 4 nitrogen and oxygen atoms in total. The van der Waals surface area contributed by atoms with Crippen molar-refractivity contribution in [3.63, 3.8) is 0 Å². The first-order chi connectivity index (χ1) is 7.90. The quantitative estimate of drug-likeness (QED) is 0.505. The van der Waals surface area contributed by atoms with Crippen molar-refractivity contribution in [2.24, 2.45) is 5.11 Å². The van der Waals surface area contributed by atoms with E-state index in [1.54, 1.807) is 0 Å². The molecule has 1 rings (SSSR count). The van der Waals surface area contributed by atoms with Gasteiger partial charge in [0.1, 0.15) is 0 Å². The number of benzene rings is 1. The lowest BCUT2D eigenvalue weighted by Gasteiger charge is -2.13. The van der Waals surface area contributed by atoms with Gasteiger partial charge in [-0.15, -0.1) is 0 Å². The molecule has 17 heavy (non-hydrogen) atoms. The van der Waals surface area contributed by atoms with Crippen LogP contribution >= 0.6 is 11.6 Å². The number of hydrogen-bond donors (Lipinski definition) is 1. The van der Waals surface area contributed by atoms with Crippen LogP contribution < -0.4 is 0 Å². The largest absolute Gasteiger partial charge is 0.416 e. The summed E-state index contributed by atoms with van der Waals surface area (Å²) in [7, 11) is 0. The molecule has 1 aromatic rings. The summed E-state index contributed by atoms with van der Waals surface area (Å²) >= 11 is 5.69. The van der Waals surface area contributed by atoms with E-state index in [0.717, 1.165) is 18.2 Å². The van der Waals surface area contributed by atoms with Gasteiger partial charge in [-0.25, -0.2) is 0 Å². The Hall–Kier alpha value is -1.43. The Balaban J connectivity index is 3.27. The molecular formula is C9H7ClF3N3O. The Kier molecular flexibility index (Phi) is 4.22. The summed E-state index contributed by atoms with van der Waals surface area (Å²) in [6, 6.07) is 1.50. The van der Waals surface area contributed by atoms with E-state index < -0.39 is 24.4 Å². The molecule has 1 unspecified atom stereocenters. The highest BCUT2D eigenvalue weighted by Gasteiger charge is 2.31. The zero-order valence-corrected chi connectivity index (χ0v) is 9.07. The van der Waals surface area contributed by atoms with E-state index in [-0.39, 0.29) is 10.6 Å². The second-order valence-electron chi connectivity index (χ2n) is 3.14. The highest BCUT2D eigenvalue weighted by atomic mass is 35.5. The monoisotopic (exact) mass is 265 g/mol. The van der Waals surface area contributed by atoms with Gasteiger partial charge in [-0.3, -0.25) is 0 Å². The lowest BCUT2D eigenvalue weighted by Crippen LogP contribution is -2.08. The second-order valence-corrected chi connectivity index (χ2v) is 3.54. The van der Waals surface area contributed by atoms with Crippen molar-refractivity contribution >= 4 is 11.6 Å². The Labute approximate surface area is 99.3 Å². The van der Waals surface area contributed by atoms with Gasteiger partial charge in [0.15, 0.2) is 0 Å². The van der Waals surface area contributed by atoms with Crippen molar-refractivity contribution in [1.82, 2.24) is 0 Å². The van der Waals surface area contributed by atoms with Crippen LogP contribution in [0.2, 0.25) is 5.02 Å². The van der Waals surface area contributed by atoms with Gasteiger partial charge in [0.05, 0.1) is 18.2 Å². The fraction of sp³-hybridized carbons (Fsp3) is 0.333. The molecule has 0 bridgehead atoms. The van der Waals surface area contributed by atoms with Gasteiger partial charge in [-0.05, 0) is 29.3 Å². The second kappa shape index (κ2) is 5.27. The fourth-order valence-corrected chi connectivity index (χ4v) is 1.48. The maximum Gasteiger partial charge on any atom is 0.416 e. The molecule has 1 aromatic carbocycles. The van der Waals surface area contributed by atoms with E-state index in [2.05, 4.69) is 10.0 Å². The van der Waals surface area contributed by atoms with Crippen LogP contribution in [0.5, 0.6) is 0 Å². The summed E-state index contributed by atoms with van der Waals surface area (Å²) in [6.45, 7) is -0.620. The molecule has 1 N–H and O–H groups in total. The van der Waals surface area contributed by atoms with Gasteiger partial charge in [-0.1, -0.05) is 16.7 Å². The van der Waals surface area contributed by atoms with Crippen molar-refractivity contribution in [2.75, 3.05) is 6.61 Å². The van der Waals surface area contributed by atoms with Gasteiger partial charge in [-0.2, -0.15) is 13.2 Å². The molecule has 0 spiro atoms. The number of nitrogens with zero attached hydrogens (tertiary/aromatic N) is 3. The molecule has 0 aromatic heterocycles. The summed E-state index contributed by atoms with van der Waals surface area (Å²) in [4.78, 5) is 2.44. The van der Waals surface area contributed by atoms with Crippen LogP contribution in [0.3, 0.4) is 0 Å². The average molecular weight is 266 g/mol. The van der Waals surface area contributed by atoms with E-state index in [9.17, 15) is 13.2 Å². The maximum absolute atomic E-state index is 12.4. The summed E-state index contributed by atoms with van der Waals surface area (Å²) < 4.78 is 37.3. The lowest BCUT2D eigenvalue weighted by molar-refractivity contribution is -0.137. The Morgan fingerprint density at radius 2 is 2.12 bits per heavy atom. The topological polar surface area (TPSA) is 69.0 Å². The normalized spacial score (nSPS) is 13.0. The van der Waals surface area contributed by atoms with E-state index in [1.165, 1.54) is 0 Å². The number of halogens is 4. The van der Waals surface area contributed by atoms with Crippen LogP contribution in [-0.2, 0) is 6.18 Å². The molecule has 0 aliphatic rings. The summed E-state index contributed by atoms with van der Waals surface area (Å²) in [6.07, 6.45) is -4.52. The predicted molar refractivity (Wildman–Crippen MR) is 55.4 cm³/mol. The number of hydrogen-bond acceptors (Lipinski definition) is 2. The van der Waals surface area contributed by atoms with Crippen LogP contribution in [0, 0.1) is 0 Å². The molecule has 0 saturated carbocycles. The minimum atomic E-state index is -4.52. The summed E-state index contributed by atoms with van der Waals surface area (Å²) in [5.41, 5.74) is 7.26. The molecule has 0 amide bonds. The molecule has 1 atom stereocenters. The number of aliphatic hydroxyl groups excluding tert-OH is 1. The highest BCUT2D eigenvalue weighted by Crippen LogP contribution is 2.34. The minimum Gasteiger partial charge on any atom is -0.396 e. The molecule has 0 aliphatic carbocycles. The SMILES string of the molecule is [N-]=[N+]=NC(CO)c1cc(C(F)(F)F)ccc1Cl. The van der Waals surface area contributed by atoms with Crippen LogP contribution in [-0.4, -0.2) is 11.7 Å². The third-order valence-corrected chi connectivity index (χ3v) is 2.39. The number of rotatable bonds is 3. The van der Waals surface area contributed by atoms with Gasteiger partial charge in [0.25, 0.3) is 0 Å². The van der Waals surface area contributed by atoms with Crippen LogP contribution in [0.25, 0.3) is 10.4 Å². The first kappa shape index (κ1) is 13.6. The van der Waals surface area contributed by atoms with E-state index in [0.29, 0.717) is 0 Å². The molecule has 0 radical (unpaired) electrons. The Morgan fingerprint density at radius 1 is 1.47 bits per heavy atom. The van der Waals surface area contributed by atoms with E-state index in [4.69, 9.17) is 22.2 Å². The molecule has 0 aliphatic heterocycles. The van der Waals surface area contributed by atoms with E-state index >= 15 is 0 Å². The Bertz CT molecular complexity index is 457. The van der Waals surface area contributed by atoms with Crippen molar-refractivity contribution in [2.45, 2.75) is 12.2 Å². The van der Waals surface area contributed by atoms with Crippen molar-refractivity contribution in [3.05, 3.63) is 44.8 Å². The number of aliphatic hydroxyl groups is 1. The third kappa shape index (κ3) is 3.26. The zero-order chi connectivity index (χ0) is 13.1. The fourth-order valence-electron chi connectivity index (χ4n) is 1.23. The molecule has 8 heteroatoms. The number of azide groups is 1. The molecule has 92 valence electrons. The lowest BCUT2D eigenvalue weighted by atomic mass is 10.0. The first-order valence-electron chi connectivity index (χ1n) is 4.42. The average Bonchev–Trinajstić information content (AvgIpc) is 2.25. The molecule has 0 heterocycles. The van der Waals surface area contributed by atoms with Crippen molar-refractivity contribution < 1.29 is 18.3 Å². The van der Waals surface area contributed by atoms with Gasteiger partial charge in [0, 0.05) is 9.93 Å². The maximum atomic E-state index is 12.4. The molecule has 0 fully saturated rings. The summed E-state index contributed by atoms with van der Waals surface area (Å²) in [5, 5.41) is 12.1. The predicted octanol–water partition coefficient (Wildman–Crippen LogP) is 3.70.